The van der Waals surface area contributed by atoms with Gasteiger partial charge in [0.15, 0.2) is 5.82 Å². The van der Waals surface area contributed by atoms with E-state index in [0.29, 0.717) is 44.5 Å². The van der Waals surface area contributed by atoms with Crippen molar-refractivity contribution in [3.05, 3.63) is 52.3 Å². The van der Waals surface area contributed by atoms with Crippen molar-refractivity contribution in [2.75, 3.05) is 13.2 Å². The Hall–Kier alpha value is -3.88. The number of carbonyl (C=O) groups is 3. The van der Waals surface area contributed by atoms with E-state index in [-0.39, 0.29) is 25.2 Å². The molecule has 1 aromatic heterocycles. The molecule has 2 aromatic rings. The fourth-order valence-corrected chi connectivity index (χ4v) is 4.07. The number of aromatic amines is 1. The van der Waals surface area contributed by atoms with E-state index < -0.39 is 36.0 Å². The lowest BCUT2D eigenvalue weighted by atomic mass is 9.89. The van der Waals surface area contributed by atoms with Gasteiger partial charge in [-0.2, -0.15) is 13.2 Å². The van der Waals surface area contributed by atoms with Crippen LogP contribution in [0.15, 0.2) is 39.6 Å². The molecule has 3 rings (SSSR count). The molecule has 12 nitrogen and oxygen atoms in total. The van der Waals surface area contributed by atoms with Crippen molar-refractivity contribution in [1.29, 1.82) is 0 Å². The molecule has 2 heterocycles. The number of aliphatic carboxylic acids is 1. The summed E-state index contributed by atoms with van der Waals surface area (Å²) in [5, 5.41) is 10.8. The lowest BCUT2D eigenvalue weighted by molar-refractivity contribution is -0.192. The maximum atomic E-state index is 12.8. The van der Waals surface area contributed by atoms with Gasteiger partial charge in [-0.05, 0) is 31.7 Å². The van der Waals surface area contributed by atoms with Gasteiger partial charge in [0.1, 0.15) is 6.61 Å². The molecule has 0 aliphatic carbocycles. The van der Waals surface area contributed by atoms with E-state index in [1.54, 1.807) is 11.8 Å². The number of esters is 1. The fourth-order valence-electron chi connectivity index (χ4n) is 4.07. The molecule has 1 amide bonds. The SMILES string of the molecule is CCOC(=O)C(CCCCc1noc(=O)[nH]1)[C@@H]1[C@@H](N)CCN1C(=O)OCc1ccccc1.O=C(O)C(F)(F)F. The summed E-state index contributed by atoms with van der Waals surface area (Å²) in [7, 11) is 0. The third-order valence-electron chi connectivity index (χ3n) is 5.85. The van der Waals surface area contributed by atoms with Gasteiger partial charge in [0.25, 0.3) is 0 Å². The number of carboxylic acids is 1. The monoisotopic (exact) mass is 560 g/mol. The lowest BCUT2D eigenvalue weighted by Gasteiger charge is -2.32. The quantitative estimate of drug-likeness (QED) is 0.289. The summed E-state index contributed by atoms with van der Waals surface area (Å²) in [6.45, 7) is 2.57. The second-order valence-electron chi connectivity index (χ2n) is 8.63. The van der Waals surface area contributed by atoms with E-state index in [4.69, 9.17) is 25.1 Å². The van der Waals surface area contributed by atoms with E-state index in [0.717, 1.165) is 5.56 Å². The number of hydrogen-bond donors (Lipinski definition) is 3. The van der Waals surface area contributed by atoms with Crippen LogP contribution in [0.3, 0.4) is 0 Å². The van der Waals surface area contributed by atoms with Gasteiger partial charge in [0.05, 0.1) is 18.6 Å². The topological polar surface area (TPSA) is 178 Å². The molecule has 216 valence electrons. The number of ether oxygens (including phenoxy) is 2. The largest absolute Gasteiger partial charge is 0.490 e. The van der Waals surface area contributed by atoms with E-state index in [9.17, 15) is 27.6 Å². The number of halogens is 3. The first kappa shape index (κ1) is 31.3. The van der Waals surface area contributed by atoms with Crippen LogP contribution in [0, 0.1) is 5.92 Å². The Labute approximate surface area is 221 Å². The first-order valence-electron chi connectivity index (χ1n) is 12.2. The molecule has 1 aliphatic rings. The number of amides is 1. The van der Waals surface area contributed by atoms with Crippen LogP contribution < -0.4 is 11.5 Å². The average molecular weight is 561 g/mol. The number of nitrogens with zero attached hydrogens (tertiary/aromatic N) is 2. The number of hydrogen-bond acceptors (Lipinski definition) is 9. The zero-order chi connectivity index (χ0) is 29.0. The number of carboxylic acid groups (broad SMARTS) is 1. The highest BCUT2D eigenvalue weighted by Gasteiger charge is 2.44. The molecule has 0 bridgehead atoms. The summed E-state index contributed by atoms with van der Waals surface area (Å²) in [5.74, 6) is -3.82. The van der Waals surface area contributed by atoms with E-state index in [1.807, 2.05) is 30.3 Å². The van der Waals surface area contributed by atoms with Gasteiger partial charge < -0.3 is 25.2 Å². The van der Waals surface area contributed by atoms with Crippen LogP contribution in [0.25, 0.3) is 0 Å². The molecule has 1 aliphatic heterocycles. The third-order valence-corrected chi connectivity index (χ3v) is 5.85. The van der Waals surface area contributed by atoms with Gasteiger partial charge in [-0.15, -0.1) is 0 Å². The number of H-pyrrole nitrogens is 1. The number of carbonyl (C=O) groups excluding carboxylic acids is 2. The predicted octanol–water partition coefficient (Wildman–Crippen LogP) is 2.63. The van der Waals surface area contributed by atoms with Gasteiger partial charge in [0, 0.05) is 19.0 Å². The number of aromatic nitrogens is 2. The summed E-state index contributed by atoms with van der Waals surface area (Å²) in [4.78, 5) is 49.6. The Morgan fingerprint density at radius 2 is 1.90 bits per heavy atom. The van der Waals surface area contributed by atoms with Crippen molar-refractivity contribution in [3.8, 4) is 0 Å². The molecular formula is C24H31F3N4O8. The summed E-state index contributed by atoms with van der Waals surface area (Å²) in [6.07, 6.45) is -2.64. The number of nitrogens with one attached hydrogen (secondary N) is 1. The number of rotatable bonds is 10. The first-order chi connectivity index (χ1) is 18.4. The minimum absolute atomic E-state index is 0.151. The van der Waals surface area contributed by atoms with E-state index in [1.165, 1.54) is 0 Å². The standard InChI is InChI=1S/C22H30N4O6.C2HF3O2/c1-2-30-20(27)16(10-6-7-11-18-24-21(28)32-25-18)19-17(23)12-13-26(19)22(29)31-14-15-8-4-3-5-9-15;3-2(4,5)1(6)7/h3-5,8-9,16-17,19H,2,6-7,10-14,23H2,1H3,(H,24,25,28);(H,6,7)/t16?,17-,19+;/m0./s1. The van der Waals surface area contributed by atoms with Gasteiger partial charge in [-0.3, -0.25) is 14.3 Å². The number of nitrogens with two attached hydrogens (primary N) is 1. The fraction of sp³-hybridized carbons (Fsp3) is 0.542. The molecule has 0 spiro atoms. The van der Waals surface area contributed by atoms with Crippen LogP contribution in [-0.2, 0) is 32.1 Å². The Kier molecular flexibility index (Phi) is 12.0. The molecule has 39 heavy (non-hydrogen) atoms. The second kappa shape index (κ2) is 14.9. The molecule has 1 aromatic carbocycles. The molecule has 4 N–H and O–H groups in total. The second-order valence-corrected chi connectivity index (χ2v) is 8.63. The number of unbranched alkanes of at least 4 members (excludes halogenated alkanes) is 1. The summed E-state index contributed by atoms with van der Waals surface area (Å²) in [6, 6.07) is 8.57. The molecular weight excluding hydrogens is 529 g/mol. The van der Waals surface area contributed by atoms with Crippen molar-refractivity contribution < 1.29 is 46.7 Å². The van der Waals surface area contributed by atoms with E-state index in [2.05, 4.69) is 14.7 Å². The number of benzene rings is 1. The van der Waals surface area contributed by atoms with Gasteiger partial charge in [-0.25, -0.2) is 14.4 Å². The molecule has 1 unspecified atom stereocenters. The molecule has 3 atom stereocenters. The van der Waals surface area contributed by atoms with Crippen molar-refractivity contribution in [3.63, 3.8) is 0 Å². The Bertz CT molecular complexity index is 1120. The summed E-state index contributed by atoms with van der Waals surface area (Å²) >= 11 is 0. The Balaban J connectivity index is 0.000000673. The van der Waals surface area contributed by atoms with Crippen LogP contribution in [0.2, 0.25) is 0 Å². The van der Waals surface area contributed by atoms with Crippen molar-refractivity contribution >= 4 is 18.0 Å². The van der Waals surface area contributed by atoms with Gasteiger partial charge in [0.2, 0.25) is 0 Å². The highest BCUT2D eigenvalue weighted by Crippen LogP contribution is 2.29. The molecule has 1 fully saturated rings. The predicted molar refractivity (Wildman–Crippen MR) is 128 cm³/mol. The average Bonchev–Trinajstić information content (AvgIpc) is 3.48. The Morgan fingerprint density at radius 1 is 1.23 bits per heavy atom. The van der Waals surface area contributed by atoms with Crippen LogP contribution in [0.4, 0.5) is 18.0 Å². The Morgan fingerprint density at radius 3 is 2.46 bits per heavy atom. The first-order valence-corrected chi connectivity index (χ1v) is 12.2. The van der Waals surface area contributed by atoms with Crippen LogP contribution in [-0.4, -0.2) is 69.6 Å². The smallest absolute Gasteiger partial charge is 0.475 e. The van der Waals surface area contributed by atoms with Crippen LogP contribution in [0.1, 0.15) is 44.0 Å². The molecule has 0 saturated carbocycles. The zero-order valence-electron chi connectivity index (χ0n) is 21.2. The maximum absolute atomic E-state index is 12.8. The highest BCUT2D eigenvalue weighted by atomic mass is 19.4. The van der Waals surface area contributed by atoms with Crippen LogP contribution in [0.5, 0.6) is 0 Å². The minimum atomic E-state index is -5.08. The van der Waals surface area contributed by atoms with E-state index >= 15 is 0 Å². The van der Waals surface area contributed by atoms with Gasteiger partial charge >= 0.3 is 30.0 Å². The normalized spacial score (nSPS) is 17.6. The van der Waals surface area contributed by atoms with Crippen molar-refractivity contribution in [1.82, 2.24) is 15.0 Å². The number of alkyl halides is 3. The van der Waals surface area contributed by atoms with Crippen LogP contribution >= 0.6 is 0 Å². The van der Waals surface area contributed by atoms with Crippen molar-refractivity contribution in [2.45, 2.75) is 63.9 Å². The third kappa shape index (κ3) is 10.1. The minimum Gasteiger partial charge on any atom is -0.475 e. The zero-order valence-corrected chi connectivity index (χ0v) is 21.2. The number of aryl methyl sites for hydroxylation is 1. The highest BCUT2D eigenvalue weighted by molar-refractivity contribution is 5.76. The van der Waals surface area contributed by atoms with Gasteiger partial charge in [-0.1, -0.05) is 41.9 Å². The molecule has 15 heteroatoms. The molecule has 1 saturated heterocycles. The number of likely N-dealkylation sites (tertiary alicyclic amines) is 1. The molecule has 0 radical (unpaired) electrons. The van der Waals surface area contributed by atoms with Crippen molar-refractivity contribution in [2.24, 2.45) is 11.7 Å². The maximum Gasteiger partial charge on any atom is 0.490 e. The lowest BCUT2D eigenvalue weighted by Crippen LogP contribution is -2.50. The summed E-state index contributed by atoms with van der Waals surface area (Å²) in [5.41, 5.74) is 7.21. The summed E-state index contributed by atoms with van der Waals surface area (Å²) < 4.78 is 47.0.